The van der Waals surface area contributed by atoms with E-state index in [1.54, 1.807) is 6.07 Å². The Hall–Kier alpha value is -2.10. The number of carbonyl (C=O) groups excluding carboxylic acids is 2. The summed E-state index contributed by atoms with van der Waals surface area (Å²) >= 11 is 1.44. The number of hydrogen-bond donors (Lipinski definition) is 1. The van der Waals surface area contributed by atoms with Gasteiger partial charge in [0.05, 0.1) is 19.3 Å². The van der Waals surface area contributed by atoms with Crippen LogP contribution >= 0.6 is 11.3 Å². The van der Waals surface area contributed by atoms with Crippen molar-refractivity contribution in [2.75, 3.05) is 13.7 Å². The minimum Gasteiger partial charge on any atom is -0.465 e. The lowest BCUT2D eigenvalue weighted by molar-refractivity contribution is -0.128. The van der Waals surface area contributed by atoms with Gasteiger partial charge in [0, 0.05) is 30.7 Å². The molecule has 1 N–H and O–H groups in total. The van der Waals surface area contributed by atoms with E-state index in [4.69, 9.17) is 4.74 Å². The van der Waals surface area contributed by atoms with Crippen molar-refractivity contribution in [3.05, 3.63) is 33.5 Å². The summed E-state index contributed by atoms with van der Waals surface area (Å²) < 4.78 is 4.75. The number of aliphatic hydroxyl groups excluding tert-OH is 1. The third kappa shape index (κ3) is 6.72. The topological polar surface area (TPSA) is 66.8 Å². The number of rotatable bonds is 9. The first-order valence-electron chi connectivity index (χ1n) is 10.7. The zero-order chi connectivity index (χ0) is 22.1. The van der Waals surface area contributed by atoms with E-state index in [2.05, 4.69) is 11.8 Å². The fourth-order valence-corrected chi connectivity index (χ4v) is 4.62. The zero-order valence-electron chi connectivity index (χ0n) is 18.4. The lowest BCUT2D eigenvalue weighted by atomic mass is 9.96. The fourth-order valence-electron chi connectivity index (χ4n) is 3.66. The summed E-state index contributed by atoms with van der Waals surface area (Å²) in [6.45, 7) is 6.69. The van der Waals surface area contributed by atoms with Crippen molar-refractivity contribution in [3.63, 3.8) is 0 Å². The highest BCUT2D eigenvalue weighted by atomic mass is 32.1. The predicted octanol–water partition coefficient (Wildman–Crippen LogP) is 4.21. The molecule has 30 heavy (non-hydrogen) atoms. The number of esters is 1. The third-order valence-corrected chi connectivity index (χ3v) is 6.59. The molecule has 1 aromatic rings. The summed E-state index contributed by atoms with van der Waals surface area (Å²) in [6, 6.07) is 3.79. The van der Waals surface area contributed by atoms with Gasteiger partial charge in [-0.25, -0.2) is 4.79 Å². The normalized spacial score (nSPS) is 18.7. The van der Waals surface area contributed by atoms with Gasteiger partial charge in [0.2, 0.25) is 5.91 Å². The highest BCUT2D eigenvalue weighted by Crippen LogP contribution is 2.27. The van der Waals surface area contributed by atoms with Crippen molar-refractivity contribution in [1.82, 2.24) is 4.90 Å². The second-order valence-corrected chi connectivity index (χ2v) is 8.96. The number of thiophene rings is 1. The lowest BCUT2D eigenvalue weighted by Gasteiger charge is -2.26. The molecule has 1 aromatic heterocycles. The Kier molecular flexibility index (Phi) is 9.61. The van der Waals surface area contributed by atoms with Gasteiger partial charge in [-0.3, -0.25) is 4.79 Å². The molecule has 0 radical (unpaired) electrons. The second-order valence-electron chi connectivity index (χ2n) is 7.79. The molecule has 0 unspecified atom stereocenters. The highest BCUT2D eigenvalue weighted by Gasteiger charge is 2.31. The summed E-state index contributed by atoms with van der Waals surface area (Å²) in [5.41, 5.74) is 1.05. The van der Waals surface area contributed by atoms with E-state index in [-0.39, 0.29) is 23.8 Å². The first-order valence-corrected chi connectivity index (χ1v) is 11.5. The monoisotopic (exact) mass is 431 g/mol. The summed E-state index contributed by atoms with van der Waals surface area (Å²) in [5, 5.41) is 10.5. The summed E-state index contributed by atoms with van der Waals surface area (Å²) in [4.78, 5) is 27.7. The van der Waals surface area contributed by atoms with Gasteiger partial charge < -0.3 is 14.7 Å². The maximum Gasteiger partial charge on any atom is 0.348 e. The van der Waals surface area contributed by atoms with Crippen LogP contribution in [0, 0.1) is 17.8 Å². The molecule has 164 valence electrons. The Bertz CT molecular complexity index is 817. The summed E-state index contributed by atoms with van der Waals surface area (Å²) in [6.07, 6.45) is 5.83. The van der Waals surface area contributed by atoms with Gasteiger partial charge in [-0.05, 0) is 44.2 Å². The molecule has 1 aliphatic heterocycles. The molecule has 1 aliphatic rings. The Morgan fingerprint density at radius 3 is 2.90 bits per heavy atom. The van der Waals surface area contributed by atoms with E-state index in [0.29, 0.717) is 24.3 Å². The van der Waals surface area contributed by atoms with E-state index in [0.717, 1.165) is 36.1 Å². The highest BCUT2D eigenvalue weighted by molar-refractivity contribution is 7.13. The SMILES string of the molecule is CCC#CC[C@H](C)[C@H](O)/C=C(\C)[C@H]1CCC(=O)N1CCCc1ccc(C(=O)OC)s1. The van der Waals surface area contributed by atoms with Crippen LogP contribution in [0.2, 0.25) is 0 Å². The summed E-state index contributed by atoms with van der Waals surface area (Å²) in [5.74, 6) is 6.07. The van der Waals surface area contributed by atoms with Crippen LogP contribution < -0.4 is 0 Å². The summed E-state index contributed by atoms with van der Waals surface area (Å²) in [7, 11) is 1.38. The number of nitrogens with zero attached hydrogens (tertiary/aromatic N) is 1. The third-order valence-electron chi connectivity index (χ3n) is 5.47. The maximum atomic E-state index is 12.4. The van der Waals surface area contributed by atoms with Crippen LogP contribution in [0.1, 0.15) is 67.4 Å². The molecule has 6 heteroatoms. The molecule has 2 heterocycles. The molecule has 1 saturated heterocycles. The van der Waals surface area contributed by atoms with Crippen LogP contribution in [0.4, 0.5) is 0 Å². The molecular formula is C24H33NO4S. The van der Waals surface area contributed by atoms with Crippen LogP contribution in [-0.4, -0.2) is 47.7 Å². The minimum atomic E-state index is -0.559. The van der Waals surface area contributed by atoms with Gasteiger partial charge in [0.25, 0.3) is 0 Å². The van der Waals surface area contributed by atoms with E-state index in [1.807, 2.05) is 37.8 Å². The van der Waals surface area contributed by atoms with Crippen LogP contribution in [-0.2, 0) is 16.0 Å². The Balaban J connectivity index is 1.92. The van der Waals surface area contributed by atoms with Gasteiger partial charge >= 0.3 is 5.97 Å². The number of hydrogen-bond acceptors (Lipinski definition) is 5. The van der Waals surface area contributed by atoms with Gasteiger partial charge in [0.1, 0.15) is 4.88 Å². The first-order chi connectivity index (χ1) is 14.4. The van der Waals surface area contributed by atoms with E-state index >= 15 is 0 Å². The maximum absolute atomic E-state index is 12.4. The fraction of sp³-hybridized carbons (Fsp3) is 0.583. The van der Waals surface area contributed by atoms with Crippen molar-refractivity contribution in [3.8, 4) is 11.8 Å². The van der Waals surface area contributed by atoms with Gasteiger partial charge in [-0.1, -0.05) is 25.5 Å². The number of likely N-dealkylation sites (tertiary alicyclic amines) is 1. The largest absolute Gasteiger partial charge is 0.465 e. The first kappa shape index (κ1) is 24.2. The number of ether oxygens (including phenoxy) is 1. The number of amides is 1. The van der Waals surface area contributed by atoms with Crippen molar-refractivity contribution in [2.24, 2.45) is 5.92 Å². The van der Waals surface area contributed by atoms with Crippen LogP contribution in [0.5, 0.6) is 0 Å². The molecule has 0 aliphatic carbocycles. The quantitative estimate of drug-likeness (QED) is 0.361. The average molecular weight is 432 g/mol. The van der Waals surface area contributed by atoms with Crippen molar-refractivity contribution in [2.45, 2.75) is 71.4 Å². The van der Waals surface area contributed by atoms with Crippen molar-refractivity contribution < 1.29 is 19.4 Å². The van der Waals surface area contributed by atoms with Crippen LogP contribution in [0.15, 0.2) is 23.8 Å². The predicted molar refractivity (Wildman–Crippen MR) is 120 cm³/mol. The van der Waals surface area contributed by atoms with Crippen molar-refractivity contribution in [1.29, 1.82) is 0 Å². The Morgan fingerprint density at radius 1 is 1.43 bits per heavy atom. The lowest BCUT2D eigenvalue weighted by Crippen LogP contribution is -2.35. The number of aliphatic hydroxyl groups is 1. The molecule has 3 atom stereocenters. The molecule has 0 bridgehead atoms. The second kappa shape index (κ2) is 11.9. The molecule has 0 aromatic carbocycles. The Labute approximate surface area is 184 Å². The minimum absolute atomic E-state index is 0.0510. The van der Waals surface area contributed by atoms with E-state index in [9.17, 15) is 14.7 Å². The molecule has 1 amide bonds. The molecular weight excluding hydrogens is 398 g/mol. The number of carbonyl (C=O) groups is 2. The Morgan fingerprint density at radius 2 is 2.20 bits per heavy atom. The zero-order valence-corrected chi connectivity index (χ0v) is 19.3. The molecule has 2 rings (SSSR count). The molecule has 0 saturated carbocycles. The molecule has 1 fully saturated rings. The van der Waals surface area contributed by atoms with E-state index < -0.39 is 6.10 Å². The van der Waals surface area contributed by atoms with Crippen LogP contribution in [0.25, 0.3) is 0 Å². The smallest absolute Gasteiger partial charge is 0.348 e. The van der Waals surface area contributed by atoms with Gasteiger partial charge in [-0.2, -0.15) is 0 Å². The number of methoxy groups -OCH3 is 1. The standard InChI is InChI=1S/C24H33NO4S/c1-5-6-7-9-17(2)21(26)16-18(3)20-12-14-23(27)25(20)15-8-10-19-11-13-22(30-19)24(28)29-4/h11,13,16-17,20-21,26H,5,8-10,12,14-15H2,1-4H3/b18-16+/t17-,20+,21+/m0/s1. The van der Waals surface area contributed by atoms with Gasteiger partial charge in [0.15, 0.2) is 0 Å². The van der Waals surface area contributed by atoms with Gasteiger partial charge in [-0.15, -0.1) is 23.2 Å². The molecule has 0 spiro atoms. The van der Waals surface area contributed by atoms with E-state index in [1.165, 1.54) is 18.4 Å². The van der Waals surface area contributed by atoms with Crippen LogP contribution in [0.3, 0.4) is 0 Å². The molecule has 5 nitrogen and oxygen atoms in total. The average Bonchev–Trinajstić information content (AvgIpc) is 3.34. The number of aryl methyl sites for hydroxylation is 1. The van der Waals surface area contributed by atoms with Crippen molar-refractivity contribution >= 4 is 23.2 Å².